The van der Waals surface area contributed by atoms with Gasteiger partial charge in [-0.05, 0) is 61.2 Å². The van der Waals surface area contributed by atoms with Crippen LogP contribution in [0, 0.1) is 0 Å². The second kappa shape index (κ2) is 14.0. The quantitative estimate of drug-likeness (QED) is 0.209. The molecule has 3 aromatic carbocycles. The molecule has 39 heavy (non-hydrogen) atoms. The average molecular weight is 526 g/mol. The number of hydrogen-bond acceptors (Lipinski definition) is 6. The molecule has 0 spiro atoms. The van der Waals surface area contributed by atoms with Gasteiger partial charge in [0.2, 0.25) is 11.8 Å². The van der Waals surface area contributed by atoms with Crippen LogP contribution >= 0.6 is 0 Å². The van der Waals surface area contributed by atoms with Crippen LogP contribution in [-0.4, -0.2) is 35.4 Å². The van der Waals surface area contributed by atoms with Crippen LogP contribution in [-0.2, 0) is 22.6 Å². The second-order valence-electron chi connectivity index (χ2n) is 9.53. The molecule has 0 radical (unpaired) electrons. The number of fused-ring (bicyclic) bond motifs is 1. The molecule has 4 rings (SSSR count). The first-order chi connectivity index (χ1) is 19.0. The third kappa shape index (κ3) is 8.63. The smallest absolute Gasteiger partial charge is 0.237 e. The largest absolute Gasteiger partial charge is 0.489 e. The summed E-state index contributed by atoms with van der Waals surface area (Å²) in [6.07, 6.45) is 3.30. The maximum Gasteiger partial charge on any atom is 0.237 e. The van der Waals surface area contributed by atoms with E-state index in [9.17, 15) is 9.59 Å². The lowest BCUT2D eigenvalue weighted by Crippen LogP contribution is -2.47. The van der Waals surface area contributed by atoms with Crippen molar-refractivity contribution in [1.82, 2.24) is 10.3 Å². The molecule has 1 aromatic heterocycles. The van der Waals surface area contributed by atoms with Gasteiger partial charge in [-0.2, -0.15) is 0 Å². The van der Waals surface area contributed by atoms with Gasteiger partial charge in [-0.15, -0.1) is 0 Å². The number of ether oxygens (including phenoxy) is 1. The fraction of sp³-hybridized carbons (Fsp3) is 0.258. The summed E-state index contributed by atoms with van der Waals surface area (Å²) in [6.45, 7) is 0.939. The number of carbonyl (C=O) groups is 2. The second-order valence-corrected chi connectivity index (χ2v) is 9.53. The topological polar surface area (TPSA) is 132 Å². The Morgan fingerprint density at radius 2 is 1.67 bits per heavy atom. The van der Waals surface area contributed by atoms with Gasteiger partial charge in [-0.3, -0.25) is 14.6 Å². The van der Waals surface area contributed by atoms with Gasteiger partial charge in [0.15, 0.2) is 0 Å². The summed E-state index contributed by atoms with van der Waals surface area (Å²) in [6, 6.07) is 26.1. The number of nitrogens with two attached hydrogens (primary N) is 2. The van der Waals surface area contributed by atoms with Gasteiger partial charge in [-0.1, -0.05) is 60.7 Å². The Balaban J connectivity index is 1.40. The highest BCUT2D eigenvalue weighted by Crippen LogP contribution is 2.18. The third-order valence-electron chi connectivity index (χ3n) is 6.36. The molecular weight excluding hydrogens is 490 g/mol. The van der Waals surface area contributed by atoms with E-state index in [1.807, 2.05) is 84.9 Å². The number of benzene rings is 3. The fourth-order valence-electron chi connectivity index (χ4n) is 4.27. The van der Waals surface area contributed by atoms with E-state index < -0.39 is 12.1 Å². The van der Waals surface area contributed by atoms with E-state index in [1.54, 1.807) is 6.20 Å². The number of amides is 2. The van der Waals surface area contributed by atoms with Crippen molar-refractivity contribution in [2.45, 2.75) is 44.4 Å². The summed E-state index contributed by atoms with van der Waals surface area (Å²) in [5.41, 5.74) is 15.1. The maximum absolute atomic E-state index is 13.0. The minimum atomic E-state index is -0.683. The van der Waals surface area contributed by atoms with Crippen molar-refractivity contribution in [1.29, 1.82) is 0 Å². The van der Waals surface area contributed by atoms with Gasteiger partial charge in [0.25, 0.3) is 0 Å². The number of pyridine rings is 1. The van der Waals surface area contributed by atoms with Crippen molar-refractivity contribution in [2.24, 2.45) is 11.5 Å². The molecule has 6 N–H and O–H groups in total. The van der Waals surface area contributed by atoms with Gasteiger partial charge in [0, 0.05) is 17.8 Å². The number of rotatable bonds is 13. The molecule has 202 valence electrons. The fourth-order valence-corrected chi connectivity index (χ4v) is 4.27. The molecule has 0 aliphatic rings. The summed E-state index contributed by atoms with van der Waals surface area (Å²) in [4.78, 5) is 30.2. The Hall–Kier alpha value is -4.27. The van der Waals surface area contributed by atoms with Crippen molar-refractivity contribution in [3.63, 3.8) is 0 Å². The van der Waals surface area contributed by atoms with E-state index in [0.717, 1.165) is 27.8 Å². The third-order valence-corrected chi connectivity index (χ3v) is 6.36. The SMILES string of the molecule is NCCC[C@H](N)C(=O)N[C@H](CC(=O)Nc1cnc2ccccc2c1)Cc1ccc(OCc2ccccc2)cc1. The molecule has 0 unspecified atom stereocenters. The maximum atomic E-state index is 13.0. The molecule has 8 nitrogen and oxygen atoms in total. The van der Waals surface area contributed by atoms with Crippen molar-refractivity contribution in [3.05, 3.63) is 102 Å². The van der Waals surface area contributed by atoms with Gasteiger partial charge in [0.05, 0.1) is 23.4 Å². The lowest BCUT2D eigenvalue weighted by molar-refractivity contribution is -0.123. The standard InChI is InChI=1S/C31H35N5O3/c32-16-6-10-28(33)31(38)36-25(19-30(37)35-26-18-24-9-4-5-11-29(24)34-20-26)17-22-12-14-27(15-13-22)39-21-23-7-2-1-3-8-23/h1-5,7-9,11-15,18,20,25,28H,6,10,16-17,19,21,32-33H2,(H,35,37)(H,36,38)/t25-,28-/m0/s1. The Morgan fingerprint density at radius 3 is 2.44 bits per heavy atom. The van der Waals surface area contributed by atoms with E-state index in [-0.39, 0.29) is 18.2 Å². The molecule has 2 atom stereocenters. The Morgan fingerprint density at radius 1 is 0.923 bits per heavy atom. The van der Waals surface area contributed by atoms with Crippen LogP contribution in [0.1, 0.15) is 30.4 Å². The molecular formula is C31H35N5O3. The predicted molar refractivity (Wildman–Crippen MR) is 154 cm³/mol. The number of anilines is 1. The highest BCUT2D eigenvalue weighted by atomic mass is 16.5. The molecule has 0 aliphatic carbocycles. The number of nitrogens with one attached hydrogen (secondary N) is 2. The molecule has 1 heterocycles. The number of carbonyl (C=O) groups excluding carboxylic acids is 2. The van der Waals surface area contributed by atoms with Crippen molar-refractivity contribution < 1.29 is 14.3 Å². The summed E-state index contributed by atoms with van der Waals surface area (Å²) in [5.74, 6) is 0.223. The van der Waals surface area contributed by atoms with Crippen LogP contribution < -0.4 is 26.8 Å². The van der Waals surface area contributed by atoms with Crippen LogP contribution in [0.2, 0.25) is 0 Å². The summed E-state index contributed by atoms with van der Waals surface area (Å²) < 4.78 is 5.88. The van der Waals surface area contributed by atoms with Gasteiger partial charge in [0.1, 0.15) is 12.4 Å². The first-order valence-electron chi connectivity index (χ1n) is 13.2. The van der Waals surface area contributed by atoms with Crippen LogP contribution in [0.15, 0.2) is 91.1 Å². The zero-order chi connectivity index (χ0) is 27.5. The summed E-state index contributed by atoms with van der Waals surface area (Å²) >= 11 is 0. The van der Waals surface area contributed by atoms with E-state index in [1.165, 1.54) is 0 Å². The van der Waals surface area contributed by atoms with Crippen LogP contribution in [0.5, 0.6) is 5.75 Å². The van der Waals surface area contributed by atoms with E-state index in [0.29, 0.717) is 38.1 Å². The molecule has 0 saturated carbocycles. The Bertz CT molecular complexity index is 1360. The highest BCUT2D eigenvalue weighted by Gasteiger charge is 2.21. The predicted octanol–water partition coefficient (Wildman–Crippen LogP) is 3.94. The van der Waals surface area contributed by atoms with Gasteiger partial charge >= 0.3 is 0 Å². The highest BCUT2D eigenvalue weighted by molar-refractivity contribution is 5.93. The molecule has 0 aliphatic heterocycles. The Kier molecular flexibility index (Phi) is 9.99. The molecule has 0 saturated heterocycles. The first kappa shape index (κ1) is 27.8. The number of aromatic nitrogens is 1. The minimum Gasteiger partial charge on any atom is -0.489 e. The molecule has 4 aromatic rings. The normalized spacial score (nSPS) is 12.5. The first-order valence-corrected chi connectivity index (χ1v) is 13.2. The van der Waals surface area contributed by atoms with Crippen LogP contribution in [0.25, 0.3) is 10.9 Å². The minimum absolute atomic E-state index is 0.0778. The summed E-state index contributed by atoms with van der Waals surface area (Å²) in [5, 5.41) is 6.81. The van der Waals surface area contributed by atoms with Gasteiger partial charge in [-0.25, -0.2) is 0 Å². The monoisotopic (exact) mass is 525 g/mol. The van der Waals surface area contributed by atoms with E-state index in [4.69, 9.17) is 16.2 Å². The van der Waals surface area contributed by atoms with Crippen LogP contribution in [0.4, 0.5) is 5.69 Å². The number of hydrogen-bond donors (Lipinski definition) is 4. The van der Waals surface area contributed by atoms with Gasteiger partial charge < -0.3 is 26.8 Å². The number of para-hydroxylation sites is 1. The van der Waals surface area contributed by atoms with E-state index >= 15 is 0 Å². The van der Waals surface area contributed by atoms with Crippen molar-refractivity contribution in [2.75, 3.05) is 11.9 Å². The van der Waals surface area contributed by atoms with Crippen molar-refractivity contribution >= 4 is 28.4 Å². The molecule has 8 heteroatoms. The Labute approximate surface area is 228 Å². The van der Waals surface area contributed by atoms with Crippen LogP contribution in [0.3, 0.4) is 0 Å². The van der Waals surface area contributed by atoms with E-state index in [2.05, 4.69) is 15.6 Å². The molecule has 2 amide bonds. The summed E-state index contributed by atoms with van der Waals surface area (Å²) in [7, 11) is 0. The zero-order valence-electron chi connectivity index (χ0n) is 21.9. The zero-order valence-corrected chi connectivity index (χ0v) is 21.9. The lowest BCUT2D eigenvalue weighted by Gasteiger charge is -2.21. The molecule has 0 bridgehead atoms. The molecule has 0 fully saturated rings. The van der Waals surface area contributed by atoms with Crippen molar-refractivity contribution in [3.8, 4) is 5.75 Å². The lowest BCUT2D eigenvalue weighted by atomic mass is 10.0. The average Bonchev–Trinajstić information content (AvgIpc) is 2.96. The number of nitrogens with zero attached hydrogens (tertiary/aromatic N) is 1.